The molecule has 2 atom stereocenters. The predicted octanol–water partition coefficient (Wildman–Crippen LogP) is 9.90. The molecule has 1 aromatic heterocycles. The van der Waals surface area contributed by atoms with Gasteiger partial charge in [-0.25, -0.2) is 0 Å². The summed E-state index contributed by atoms with van der Waals surface area (Å²) in [4.78, 5) is 6.93. The summed E-state index contributed by atoms with van der Waals surface area (Å²) in [6.45, 7) is 0. The second-order valence-corrected chi connectivity index (χ2v) is 12.2. The molecule has 4 nitrogen and oxygen atoms in total. The van der Waals surface area contributed by atoms with E-state index in [-0.39, 0.29) is 12.2 Å². The van der Waals surface area contributed by atoms with Crippen molar-refractivity contribution in [2.45, 2.75) is 12.2 Å². The number of dihydropyridines is 1. The van der Waals surface area contributed by atoms with E-state index in [0.29, 0.717) is 0 Å². The number of benzene rings is 6. The van der Waals surface area contributed by atoms with Gasteiger partial charge in [0.05, 0.1) is 17.4 Å². The second-order valence-electron chi connectivity index (χ2n) is 12.2. The Hall–Kier alpha value is -6.13. The second kappa shape index (κ2) is 11.3. The molecule has 7 aromatic rings. The summed E-state index contributed by atoms with van der Waals surface area (Å²) >= 11 is 0. The molecule has 0 aliphatic carbocycles. The maximum absolute atomic E-state index is 4.49. The molecule has 4 heteroatoms. The molecule has 0 spiro atoms. The number of anilines is 1. The third-order valence-corrected chi connectivity index (χ3v) is 9.39. The van der Waals surface area contributed by atoms with Crippen LogP contribution >= 0.6 is 0 Å². The van der Waals surface area contributed by atoms with Crippen LogP contribution in [0.25, 0.3) is 43.8 Å². The zero-order valence-corrected chi connectivity index (χ0v) is 25.7. The minimum Gasteiger partial charge on any atom is -0.379 e. The highest BCUT2D eigenvalue weighted by atomic mass is 15.3. The van der Waals surface area contributed by atoms with Crippen molar-refractivity contribution in [1.82, 2.24) is 15.6 Å². The highest BCUT2D eigenvalue weighted by Gasteiger charge is 2.37. The van der Waals surface area contributed by atoms with Gasteiger partial charge in [0.15, 0.2) is 0 Å². The van der Waals surface area contributed by atoms with Crippen LogP contribution in [0.15, 0.2) is 182 Å². The van der Waals surface area contributed by atoms with Crippen molar-refractivity contribution >= 4 is 27.2 Å². The molecule has 9 rings (SSSR count). The van der Waals surface area contributed by atoms with E-state index in [1.54, 1.807) is 0 Å². The normalized spacial score (nSPS) is 17.1. The first kappa shape index (κ1) is 27.2. The predicted molar refractivity (Wildman–Crippen MR) is 193 cm³/mol. The Balaban J connectivity index is 1.26. The number of allylic oxidation sites excluding steroid dienone is 1. The van der Waals surface area contributed by atoms with Crippen molar-refractivity contribution in [2.75, 3.05) is 4.90 Å². The van der Waals surface area contributed by atoms with Gasteiger partial charge in [-0.05, 0) is 104 Å². The van der Waals surface area contributed by atoms with Crippen LogP contribution in [0.5, 0.6) is 0 Å². The van der Waals surface area contributed by atoms with Crippen LogP contribution in [0, 0.1) is 0 Å². The molecule has 224 valence electrons. The maximum Gasteiger partial charge on any atom is 0.130 e. The smallest absolute Gasteiger partial charge is 0.130 e. The molecular weight excluding hydrogens is 573 g/mol. The lowest BCUT2D eigenvalue weighted by molar-refractivity contribution is 0.590. The summed E-state index contributed by atoms with van der Waals surface area (Å²) in [6, 6.07) is 52.3. The Bertz CT molecular complexity index is 2310. The van der Waals surface area contributed by atoms with Gasteiger partial charge in [-0.2, -0.15) is 0 Å². The number of nitrogens with one attached hydrogen (secondary N) is 2. The summed E-state index contributed by atoms with van der Waals surface area (Å²) < 4.78 is 0. The van der Waals surface area contributed by atoms with Crippen LogP contribution in [0.3, 0.4) is 0 Å². The van der Waals surface area contributed by atoms with Gasteiger partial charge in [0, 0.05) is 23.6 Å². The van der Waals surface area contributed by atoms with Gasteiger partial charge in [-0.15, -0.1) is 0 Å². The maximum atomic E-state index is 4.49. The molecule has 0 amide bonds. The summed E-state index contributed by atoms with van der Waals surface area (Å²) in [6.07, 6.45) is 7.93. The third kappa shape index (κ3) is 4.74. The van der Waals surface area contributed by atoms with Crippen molar-refractivity contribution in [2.24, 2.45) is 0 Å². The third-order valence-electron chi connectivity index (χ3n) is 9.39. The van der Waals surface area contributed by atoms with Gasteiger partial charge in [0.2, 0.25) is 0 Å². The largest absolute Gasteiger partial charge is 0.379 e. The molecule has 6 aromatic carbocycles. The van der Waals surface area contributed by atoms with Gasteiger partial charge in [0.1, 0.15) is 6.17 Å². The Morgan fingerprint density at radius 2 is 1.30 bits per heavy atom. The molecule has 0 saturated carbocycles. The van der Waals surface area contributed by atoms with Crippen LogP contribution in [0.2, 0.25) is 0 Å². The molecule has 0 saturated heterocycles. The van der Waals surface area contributed by atoms with E-state index in [2.05, 4.69) is 172 Å². The SMILES string of the molecule is C1=CC2=C(NC(c3cc(-c4cccnc4)cc(-c4cc5ccccc5c5ccccc45)c3)N2c2ccccc2)C(c2ccccc2)N1. The molecule has 0 radical (unpaired) electrons. The first-order valence-electron chi connectivity index (χ1n) is 16.1. The number of hydrogen-bond donors (Lipinski definition) is 2. The number of pyridine rings is 1. The Morgan fingerprint density at radius 1 is 0.574 bits per heavy atom. The van der Waals surface area contributed by atoms with Gasteiger partial charge in [-0.1, -0.05) is 103 Å². The number of fused-ring (bicyclic) bond motifs is 3. The standard InChI is InChI=1S/C43H32N4/c1-3-12-29(13-4-1)41-42-40(21-23-45-41)47(35-16-5-2-6-17-35)43(46-42)34-25-32(31-15-11-22-44-28-31)24-33(26-34)39-27-30-14-7-8-18-36(30)37-19-9-10-20-38(37)39/h1-28,41,43,45-46H. The number of aromatic nitrogens is 1. The summed E-state index contributed by atoms with van der Waals surface area (Å²) in [5.74, 6) is 0. The van der Waals surface area contributed by atoms with Crippen LogP contribution in [-0.4, -0.2) is 4.98 Å². The van der Waals surface area contributed by atoms with Gasteiger partial charge in [-0.3, -0.25) is 4.98 Å². The first-order valence-corrected chi connectivity index (χ1v) is 16.1. The monoisotopic (exact) mass is 604 g/mol. The van der Waals surface area contributed by atoms with E-state index in [4.69, 9.17) is 0 Å². The molecule has 2 aliphatic rings. The number of nitrogens with zero attached hydrogens (tertiary/aromatic N) is 2. The molecule has 2 aliphatic heterocycles. The lowest BCUT2D eigenvalue weighted by Crippen LogP contribution is -2.30. The highest BCUT2D eigenvalue weighted by Crippen LogP contribution is 2.44. The Morgan fingerprint density at radius 3 is 2.11 bits per heavy atom. The first-order chi connectivity index (χ1) is 23.3. The van der Waals surface area contributed by atoms with Crippen molar-refractivity contribution < 1.29 is 0 Å². The molecule has 0 fully saturated rings. The van der Waals surface area contributed by atoms with E-state index in [9.17, 15) is 0 Å². The lowest BCUT2D eigenvalue weighted by atomic mass is 9.90. The fraction of sp³-hybridized carbons (Fsp3) is 0.0465. The minimum absolute atomic E-state index is 0.0119. The fourth-order valence-electron chi connectivity index (χ4n) is 7.24. The fourth-order valence-corrected chi connectivity index (χ4v) is 7.24. The summed E-state index contributed by atoms with van der Waals surface area (Å²) in [7, 11) is 0. The van der Waals surface area contributed by atoms with E-state index in [1.165, 1.54) is 49.5 Å². The van der Waals surface area contributed by atoms with Crippen LogP contribution < -0.4 is 15.5 Å². The van der Waals surface area contributed by atoms with Crippen LogP contribution in [-0.2, 0) is 0 Å². The topological polar surface area (TPSA) is 40.2 Å². The summed E-state index contributed by atoms with van der Waals surface area (Å²) in [5, 5.41) is 12.6. The lowest BCUT2D eigenvalue weighted by Gasteiger charge is -2.29. The average Bonchev–Trinajstić information content (AvgIpc) is 3.55. The molecule has 0 bridgehead atoms. The average molecular weight is 605 g/mol. The molecule has 47 heavy (non-hydrogen) atoms. The molecule has 2 N–H and O–H groups in total. The Kier molecular flexibility index (Phi) is 6.57. The molecular formula is C43H32N4. The van der Waals surface area contributed by atoms with E-state index in [0.717, 1.165) is 22.5 Å². The van der Waals surface area contributed by atoms with E-state index >= 15 is 0 Å². The van der Waals surface area contributed by atoms with Gasteiger partial charge in [0.25, 0.3) is 0 Å². The van der Waals surface area contributed by atoms with Crippen molar-refractivity contribution in [1.29, 1.82) is 0 Å². The summed E-state index contributed by atoms with van der Waals surface area (Å²) in [5.41, 5.74) is 10.5. The number of para-hydroxylation sites is 1. The van der Waals surface area contributed by atoms with Crippen molar-refractivity contribution in [3.8, 4) is 22.3 Å². The number of rotatable bonds is 5. The molecule has 3 heterocycles. The highest BCUT2D eigenvalue weighted by molar-refractivity contribution is 6.13. The van der Waals surface area contributed by atoms with Crippen LogP contribution in [0.4, 0.5) is 5.69 Å². The van der Waals surface area contributed by atoms with Crippen molar-refractivity contribution in [3.63, 3.8) is 0 Å². The zero-order valence-electron chi connectivity index (χ0n) is 25.7. The van der Waals surface area contributed by atoms with Crippen LogP contribution in [0.1, 0.15) is 23.3 Å². The van der Waals surface area contributed by atoms with E-state index < -0.39 is 0 Å². The minimum atomic E-state index is -0.139. The number of hydrogen-bond acceptors (Lipinski definition) is 4. The molecule has 2 unspecified atom stereocenters. The zero-order chi connectivity index (χ0) is 31.2. The Labute approximate surface area is 274 Å². The quantitative estimate of drug-likeness (QED) is 0.192. The van der Waals surface area contributed by atoms with Crippen molar-refractivity contribution in [3.05, 3.63) is 193 Å². The van der Waals surface area contributed by atoms with Gasteiger partial charge < -0.3 is 15.5 Å². The van der Waals surface area contributed by atoms with Gasteiger partial charge >= 0.3 is 0 Å². The van der Waals surface area contributed by atoms with E-state index in [1.807, 2.05) is 18.5 Å².